The molecule has 4 aromatic rings. The van der Waals surface area contributed by atoms with Gasteiger partial charge in [-0.05, 0) is 6.07 Å². The number of fused-ring (bicyclic) bond motifs is 1. The Morgan fingerprint density at radius 3 is 2.51 bits per heavy atom. The molecular formula is C24H21F3N4O4. The van der Waals surface area contributed by atoms with E-state index in [1.807, 2.05) is 13.8 Å². The molecule has 3 heterocycles. The van der Waals surface area contributed by atoms with Crippen molar-refractivity contribution in [1.29, 1.82) is 0 Å². The SMILES string of the molecule is CC(C)NC1COc2cc(-c3noc(-c4onc(-c5ccccc5)c4C(F)(F)F)n3)ccc2C1O. The van der Waals surface area contributed by atoms with Gasteiger partial charge in [0.25, 0.3) is 5.89 Å². The third-order valence-corrected chi connectivity index (χ3v) is 5.58. The highest BCUT2D eigenvalue weighted by molar-refractivity contribution is 5.71. The van der Waals surface area contributed by atoms with E-state index in [1.54, 1.807) is 36.4 Å². The number of benzene rings is 2. The van der Waals surface area contributed by atoms with Gasteiger partial charge in [0, 0.05) is 22.7 Å². The largest absolute Gasteiger partial charge is 0.491 e. The van der Waals surface area contributed by atoms with Gasteiger partial charge >= 0.3 is 6.18 Å². The Morgan fingerprint density at radius 1 is 1.03 bits per heavy atom. The minimum atomic E-state index is -4.77. The number of aliphatic hydroxyl groups excluding tert-OH is 1. The molecule has 1 aliphatic heterocycles. The van der Waals surface area contributed by atoms with E-state index in [1.165, 1.54) is 12.1 Å². The predicted molar refractivity (Wildman–Crippen MR) is 118 cm³/mol. The molecule has 0 bridgehead atoms. The maximum Gasteiger partial charge on any atom is 0.422 e. The molecule has 0 aliphatic carbocycles. The Bertz CT molecular complexity index is 1330. The second kappa shape index (κ2) is 8.82. The van der Waals surface area contributed by atoms with E-state index in [0.717, 1.165) is 0 Å². The summed E-state index contributed by atoms with van der Waals surface area (Å²) in [5.74, 6) is -0.650. The van der Waals surface area contributed by atoms with E-state index < -0.39 is 29.5 Å². The van der Waals surface area contributed by atoms with Crippen LogP contribution in [0.15, 0.2) is 57.6 Å². The highest BCUT2D eigenvalue weighted by Gasteiger charge is 2.43. The van der Waals surface area contributed by atoms with E-state index in [4.69, 9.17) is 13.8 Å². The summed E-state index contributed by atoms with van der Waals surface area (Å²) < 4.78 is 57.8. The maximum atomic E-state index is 13.9. The van der Waals surface area contributed by atoms with Crippen LogP contribution in [0, 0.1) is 0 Å². The zero-order valence-corrected chi connectivity index (χ0v) is 18.7. The van der Waals surface area contributed by atoms with Crippen LogP contribution in [0.4, 0.5) is 13.2 Å². The molecule has 2 atom stereocenters. The van der Waals surface area contributed by atoms with Crippen molar-refractivity contribution in [2.24, 2.45) is 0 Å². The monoisotopic (exact) mass is 486 g/mol. The molecule has 0 spiro atoms. The molecule has 0 amide bonds. The number of nitrogens with zero attached hydrogens (tertiary/aromatic N) is 3. The van der Waals surface area contributed by atoms with Crippen molar-refractivity contribution < 1.29 is 32.1 Å². The third kappa shape index (κ3) is 4.40. The first-order valence-electron chi connectivity index (χ1n) is 10.9. The Morgan fingerprint density at radius 2 is 1.80 bits per heavy atom. The minimum absolute atomic E-state index is 0.0362. The average Bonchev–Trinajstić information content (AvgIpc) is 3.48. The van der Waals surface area contributed by atoms with Gasteiger partial charge in [-0.2, -0.15) is 18.2 Å². The lowest BCUT2D eigenvalue weighted by Gasteiger charge is -2.32. The molecule has 11 heteroatoms. The number of nitrogens with one attached hydrogen (secondary N) is 1. The predicted octanol–water partition coefficient (Wildman–Crippen LogP) is 4.87. The Balaban J connectivity index is 1.48. The molecule has 0 radical (unpaired) electrons. The normalized spacial score (nSPS) is 17.9. The number of hydrogen-bond donors (Lipinski definition) is 2. The van der Waals surface area contributed by atoms with Crippen molar-refractivity contribution >= 4 is 0 Å². The van der Waals surface area contributed by atoms with Gasteiger partial charge in [-0.3, -0.25) is 0 Å². The second-order valence-electron chi connectivity index (χ2n) is 8.46. The van der Waals surface area contributed by atoms with Gasteiger partial charge in [-0.1, -0.05) is 66.6 Å². The summed E-state index contributed by atoms with van der Waals surface area (Å²) in [5, 5.41) is 21.4. The van der Waals surface area contributed by atoms with Crippen molar-refractivity contribution in [3.63, 3.8) is 0 Å². The number of halogens is 3. The molecule has 5 rings (SSSR count). The number of ether oxygens (including phenoxy) is 1. The Kier molecular flexibility index (Phi) is 5.81. The van der Waals surface area contributed by atoms with Gasteiger partial charge in [0.05, 0.1) is 6.04 Å². The second-order valence-corrected chi connectivity index (χ2v) is 8.46. The number of aliphatic hydroxyl groups is 1. The van der Waals surface area contributed by atoms with Crippen LogP contribution >= 0.6 is 0 Å². The summed E-state index contributed by atoms with van der Waals surface area (Å²) in [4.78, 5) is 4.11. The molecule has 182 valence electrons. The van der Waals surface area contributed by atoms with E-state index in [9.17, 15) is 18.3 Å². The minimum Gasteiger partial charge on any atom is -0.491 e. The van der Waals surface area contributed by atoms with Gasteiger partial charge < -0.3 is 24.2 Å². The van der Waals surface area contributed by atoms with E-state index in [0.29, 0.717) is 16.9 Å². The van der Waals surface area contributed by atoms with Crippen LogP contribution in [0.1, 0.15) is 31.1 Å². The van der Waals surface area contributed by atoms with Crippen LogP contribution in [-0.2, 0) is 6.18 Å². The summed E-state index contributed by atoms with van der Waals surface area (Å²) in [6, 6.07) is 12.7. The molecule has 2 unspecified atom stereocenters. The molecule has 0 saturated heterocycles. The zero-order valence-electron chi connectivity index (χ0n) is 18.7. The Hall–Kier alpha value is -3.70. The van der Waals surface area contributed by atoms with E-state index >= 15 is 0 Å². The van der Waals surface area contributed by atoms with Crippen molar-refractivity contribution in [2.75, 3.05) is 6.61 Å². The standard InChI is InChI=1S/C24H21F3N4O4/c1-12(2)28-16-11-33-17-10-14(8-9-15(17)20(16)32)22-29-23(35-31-22)21-18(24(25,26)27)19(30-34-21)13-6-4-3-5-7-13/h3-10,12,16,20,28,32H,11H2,1-2H3. The van der Waals surface area contributed by atoms with Crippen LogP contribution in [-0.4, -0.2) is 39.1 Å². The first-order valence-corrected chi connectivity index (χ1v) is 10.9. The molecule has 2 aromatic heterocycles. The number of hydrogen-bond acceptors (Lipinski definition) is 8. The fourth-order valence-corrected chi connectivity index (χ4v) is 4.02. The zero-order chi connectivity index (χ0) is 24.7. The molecule has 2 aromatic carbocycles. The molecule has 1 aliphatic rings. The maximum absolute atomic E-state index is 13.9. The first kappa shape index (κ1) is 23.1. The first-order chi connectivity index (χ1) is 16.7. The summed E-state index contributed by atoms with van der Waals surface area (Å²) in [7, 11) is 0. The molecule has 0 saturated carbocycles. The molecule has 2 N–H and O–H groups in total. The highest BCUT2D eigenvalue weighted by Crippen LogP contribution is 2.43. The smallest absolute Gasteiger partial charge is 0.422 e. The van der Waals surface area contributed by atoms with E-state index in [2.05, 4.69) is 20.6 Å². The number of aromatic nitrogens is 3. The van der Waals surface area contributed by atoms with Gasteiger partial charge in [-0.15, -0.1) is 0 Å². The topological polar surface area (TPSA) is 106 Å². The summed E-state index contributed by atoms with van der Waals surface area (Å²) in [6.45, 7) is 4.20. The van der Waals surface area contributed by atoms with Crippen molar-refractivity contribution in [3.8, 4) is 40.0 Å². The Labute approximate surface area is 197 Å². The van der Waals surface area contributed by atoms with Crippen LogP contribution in [0.2, 0.25) is 0 Å². The highest BCUT2D eigenvalue weighted by atomic mass is 19.4. The lowest BCUT2D eigenvalue weighted by Crippen LogP contribution is -2.45. The lowest BCUT2D eigenvalue weighted by atomic mass is 9.97. The van der Waals surface area contributed by atoms with Gasteiger partial charge in [0.1, 0.15) is 29.7 Å². The van der Waals surface area contributed by atoms with Crippen LogP contribution in [0.25, 0.3) is 34.3 Å². The third-order valence-electron chi connectivity index (χ3n) is 5.58. The summed E-state index contributed by atoms with van der Waals surface area (Å²) in [6.07, 6.45) is -5.55. The molecule has 0 fully saturated rings. The van der Waals surface area contributed by atoms with Crippen molar-refractivity contribution in [2.45, 2.75) is 38.2 Å². The number of rotatable bonds is 5. The fourth-order valence-electron chi connectivity index (χ4n) is 4.02. The van der Waals surface area contributed by atoms with Crippen LogP contribution < -0.4 is 10.1 Å². The lowest BCUT2D eigenvalue weighted by molar-refractivity contribution is -0.136. The van der Waals surface area contributed by atoms with Gasteiger partial charge in [0.2, 0.25) is 11.6 Å². The van der Waals surface area contributed by atoms with E-state index in [-0.39, 0.29) is 35.8 Å². The summed E-state index contributed by atoms with van der Waals surface area (Å²) >= 11 is 0. The molecule has 8 nitrogen and oxygen atoms in total. The van der Waals surface area contributed by atoms with Crippen LogP contribution in [0.3, 0.4) is 0 Å². The summed E-state index contributed by atoms with van der Waals surface area (Å²) in [5.41, 5.74) is -0.195. The van der Waals surface area contributed by atoms with Crippen molar-refractivity contribution in [1.82, 2.24) is 20.6 Å². The average molecular weight is 486 g/mol. The molecular weight excluding hydrogens is 465 g/mol. The van der Waals surface area contributed by atoms with Gasteiger partial charge in [0.15, 0.2) is 0 Å². The van der Waals surface area contributed by atoms with Crippen LogP contribution in [0.5, 0.6) is 5.75 Å². The quantitative estimate of drug-likeness (QED) is 0.412. The fraction of sp³-hybridized carbons (Fsp3) is 0.292. The molecule has 35 heavy (non-hydrogen) atoms. The van der Waals surface area contributed by atoms with Crippen molar-refractivity contribution in [3.05, 3.63) is 59.7 Å². The van der Waals surface area contributed by atoms with Gasteiger partial charge in [-0.25, -0.2) is 0 Å². The number of alkyl halides is 3.